The van der Waals surface area contributed by atoms with Gasteiger partial charge in [0.25, 0.3) is 5.91 Å². The van der Waals surface area contributed by atoms with E-state index in [0.29, 0.717) is 11.3 Å². The molecule has 2 N–H and O–H groups in total. The minimum atomic E-state index is -0.222. The van der Waals surface area contributed by atoms with Crippen molar-refractivity contribution in [3.05, 3.63) is 78.1 Å². The van der Waals surface area contributed by atoms with Crippen LogP contribution in [0.25, 0.3) is 6.08 Å². The molecule has 0 aliphatic carbocycles. The van der Waals surface area contributed by atoms with Crippen molar-refractivity contribution in [3.63, 3.8) is 0 Å². The molecule has 0 aliphatic rings. The number of aryl methyl sites for hydroxylation is 1. The van der Waals surface area contributed by atoms with Gasteiger partial charge in [0.15, 0.2) is 5.16 Å². The normalized spacial score (nSPS) is 10.8. The second-order valence-corrected chi connectivity index (χ2v) is 7.01. The molecule has 2 aromatic carbocycles. The van der Waals surface area contributed by atoms with Gasteiger partial charge in [0.05, 0.1) is 0 Å². The van der Waals surface area contributed by atoms with Gasteiger partial charge >= 0.3 is 0 Å². The first kappa shape index (κ1) is 19.4. The standard InChI is InChI=1S/C21H20N4O2S/c1-22-20(27)16-6-3-15(4-7-16)5-12-19(26)24-17-8-10-18(11-9-17)28-21-23-13-14-25(21)2/h3-14H,1-2H3,(H,22,27)(H,24,26)/b12-5+. The van der Waals surface area contributed by atoms with Crippen molar-refractivity contribution >= 4 is 35.3 Å². The van der Waals surface area contributed by atoms with Gasteiger partial charge in [-0.25, -0.2) is 4.98 Å². The Kier molecular flexibility index (Phi) is 6.29. The zero-order chi connectivity index (χ0) is 19.9. The fourth-order valence-corrected chi connectivity index (χ4v) is 3.21. The van der Waals surface area contributed by atoms with E-state index in [4.69, 9.17) is 0 Å². The Hall–Kier alpha value is -3.32. The smallest absolute Gasteiger partial charge is 0.251 e. The predicted molar refractivity (Wildman–Crippen MR) is 111 cm³/mol. The lowest BCUT2D eigenvalue weighted by Crippen LogP contribution is -2.17. The summed E-state index contributed by atoms with van der Waals surface area (Å²) in [5.74, 6) is -0.363. The highest BCUT2D eigenvalue weighted by atomic mass is 32.2. The summed E-state index contributed by atoms with van der Waals surface area (Å²) < 4.78 is 1.95. The van der Waals surface area contributed by atoms with Crippen LogP contribution in [0.1, 0.15) is 15.9 Å². The van der Waals surface area contributed by atoms with Crippen LogP contribution in [0.3, 0.4) is 0 Å². The molecule has 0 unspecified atom stereocenters. The van der Waals surface area contributed by atoms with Gasteiger partial charge in [-0.05, 0) is 48.0 Å². The van der Waals surface area contributed by atoms with Crippen LogP contribution < -0.4 is 10.6 Å². The number of nitrogens with one attached hydrogen (secondary N) is 2. The molecule has 2 amide bonds. The van der Waals surface area contributed by atoms with Crippen LogP contribution in [0.5, 0.6) is 0 Å². The van der Waals surface area contributed by atoms with Crippen molar-refractivity contribution in [1.82, 2.24) is 14.9 Å². The summed E-state index contributed by atoms with van der Waals surface area (Å²) in [6.45, 7) is 0. The first-order valence-electron chi connectivity index (χ1n) is 8.61. The van der Waals surface area contributed by atoms with Gasteiger partial charge in [0.2, 0.25) is 5.91 Å². The summed E-state index contributed by atoms with van der Waals surface area (Å²) in [6, 6.07) is 14.6. The molecule has 0 fully saturated rings. The van der Waals surface area contributed by atoms with E-state index in [1.165, 1.54) is 6.08 Å². The summed E-state index contributed by atoms with van der Waals surface area (Å²) in [7, 11) is 3.53. The average molecular weight is 392 g/mol. The van der Waals surface area contributed by atoms with Crippen LogP contribution in [-0.2, 0) is 11.8 Å². The molecule has 7 heteroatoms. The number of carbonyl (C=O) groups is 2. The molecule has 1 aromatic heterocycles. The molecule has 0 bridgehead atoms. The van der Waals surface area contributed by atoms with Crippen LogP contribution >= 0.6 is 11.8 Å². The molecule has 6 nitrogen and oxygen atoms in total. The number of anilines is 1. The number of hydrogen-bond acceptors (Lipinski definition) is 4. The lowest BCUT2D eigenvalue weighted by molar-refractivity contribution is -0.111. The molecule has 0 aliphatic heterocycles. The van der Waals surface area contributed by atoms with Crippen molar-refractivity contribution in [2.24, 2.45) is 7.05 Å². The summed E-state index contributed by atoms with van der Waals surface area (Å²) in [4.78, 5) is 29.0. The third-order valence-electron chi connectivity index (χ3n) is 3.94. The van der Waals surface area contributed by atoms with E-state index in [9.17, 15) is 9.59 Å². The Balaban J connectivity index is 1.56. The van der Waals surface area contributed by atoms with Gasteiger partial charge in [0, 0.05) is 48.7 Å². The largest absolute Gasteiger partial charge is 0.355 e. The zero-order valence-electron chi connectivity index (χ0n) is 15.5. The second-order valence-electron chi connectivity index (χ2n) is 5.97. The van der Waals surface area contributed by atoms with Crippen LogP contribution in [0.4, 0.5) is 5.69 Å². The Bertz CT molecular complexity index is 992. The van der Waals surface area contributed by atoms with Gasteiger partial charge < -0.3 is 15.2 Å². The molecule has 28 heavy (non-hydrogen) atoms. The SMILES string of the molecule is CNC(=O)c1ccc(/C=C/C(=O)Nc2ccc(Sc3nccn3C)cc2)cc1. The summed E-state index contributed by atoms with van der Waals surface area (Å²) >= 11 is 1.56. The summed E-state index contributed by atoms with van der Waals surface area (Å²) in [6.07, 6.45) is 6.82. The lowest BCUT2D eigenvalue weighted by atomic mass is 10.1. The van der Waals surface area contributed by atoms with Crippen molar-refractivity contribution in [2.45, 2.75) is 10.1 Å². The molecule has 3 rings (SSSR count). The summed E-state index contributed by atoms with van der Waals surface area (Å²) in [5, 5.41) is 6.30. The first-order valence-corrected chi connectivity index (χ1v) is 9.43. The highest BCUT2D eigenvalue weighted by molar-refractivity contribution is 7.99. The molecule has 0 atom stereocenters. The third kappa shape index (κ3) is 5.11. The van der Waals surface area contributed by atoms with E-state index in [0.717, 1.165) is 15.6 Å². The number of imidazole rings is 1. The maximum atomic E-state index is 12.1. The Morgan fingerprint density at radius 2 is 1.79 bits per heavy atom. The van der Waals surface area contributed by atoms with Crippen molar-refractivity contribution in [1.29, 1.82) is 0 Å². The number of rotatable bonds is 6. The van der Waals surface area contributed by atoms with Gasteiger partial charge in [0.1, 0.15) is 0 Å². The fourth-order valence-electron chi connectivity index (χ4n) is 2.41. The number of nitrogens with zero attached hydrogens (tertiary/aromatic N) is 2. The molecule has 0 radical (unpaired) electrons. The van der Waals surface area contributed by atoms with E-state index in [1.807, 2.05) is 42.1 Å². The van der Waals surface area contributed by atoms with E-state index in [-0.39, 0.29) is 11.8 Å². The molecule has 3 aromatic rings. The van der Waals surface area contributed by atoms with Crippen LogP contribution in [0.15, 0.2) is 77.1 Å². The monoisotopic (exact) mass is 392 g/mol. The Morgan fingerprint density at radius 3 is 2.39 bits per heavy atom. The number of amides is 2. The number of carbonyl (C=O) groups excluding carboxylic acids is 2. The second kappa shape index (κ2) is 9.05. The van der Waals surface area contributed by atoms with Crippen molar-refractivity contribution in [3.8, 4) is 0 Å². The molecule has 1 heterocycles. The van der Waals surface area contributed by atoms with Crippen molar-refractivity contribution < 1.29 is 9.59 Å². The quantitative estimate of drug-likeness (QED) is 0.629. The van der Waals surface area contributed by atoms with Gasteiger partial charge in [-0.3, -0.25) is 9.59 Å². The highest BCUT2D eigenvalue weighted by Gasteiger charge is 2.04. The van der Waals surface area contributed by atoms with Gasteiger partial charge in [-0.2, -0.15) is 0 Å². The number of benzene rings is 2. The zero-order valence-corrected chi connectivity index (χ0v) is 16.4. The highest BCUT2D eigenvalue weighted by Crippen LogP contribution is 2.26. The molecule has 142 valence electrons. The summed E-state index contributed by atoms with van der Waals surface area (Å²) in [5.41, 5.74) is 2.13. The maximum absolute atomic E-state index is 12.1. The van der Waals surface area contributed by atoms with Crippen LogP contribution in [0, 0.1) is 0 Å². The molecular formula is C21H20N4O2S. The Labute approximate surface area is 167 Å². The topological polar surface area (TPSA) is 76.0 Å². The number of hydrogen-bond donors (Lipinski definition) is 2. The number of aromatic nitrogens is 2. The van der Waals surface area contributed by atoms with E-state index >= 15 is 0 Å². The average Bonchev–Trinajstić information content (AvgIpc) is 3.12. The van der Waals surface area contributed by atoms with Crippen LogP contribution in [0.2, 0.25) is 0 Å². The van der Waals surface area contributed by atoms with Crippen molar-refractivity contribution in [2.75, 3.05) is 12.4 Å². The van der Waals surface area contributed by atoms with Crippen LogP contribution in [-0.4, -0.2) is 28.4 Å². The molecule has 0 saturated heterocycles. The minimum absolute atomic E-state index is 0.141. The minimum Gasteiger partial charge on any atom is -0.355 e. The first-order chi connectivity index (χ1) is 13.5. The fraction of sp³-hybridized carbons (Fsp3) is 0.0952. The van der Waals surface area contributed by atoms with E-state index in [1.54, 1.807) is 55.3 Å². The predicted octanol–water partition coefficient (Wildman–Crippen LogP) is 3.58. The van der Waals surface area contributed by atoms with Gasteiger partial charge in [-0.1, -0.05) is 23.9 Å². The molecule has 0 spiro atoms. The van der Waals surface area contributed by atoms with E-state index in [2.05, 4.69) is 15.6 Å². The van der Waals surface area contributed by atoms with Gasteiger partial charge in [-0.15, -0.1) is 0 Å². The molecule has 0 saturated carbocycles. The van der Waals surface area contributed by atoms with E-state index < -0.39 is 0 Å². The third-order valence-corrected chi connectivity index (χ3v) is 5.02. The Morgan fingerprint density at radius 1 is 1.07 bits per heavy atom. The maximum Gasteiger partial charge on any atom is 0.251 e. The molecular weight excluding hydrogens is 372 g/mol. The lowest BCUT2D eigenvalue weighted by Gasteiger charge is -2.05.